The number of hydrogen-bond donors (Lipinski definition) is 2. The Labute approximate surface area is 116 Å². The smallest absolute Gasteiger partial charge is 0.239 e. The summed E-state index contributed by atoms with van der Waals surface area (Å²) < 4.78 is 10.3. The van der Waals surface area contributed by atoms with E-state index in [2.05, 4.69) is 15.3 Å². The second-order valence-electron chi connectivity index (χ2n) is 5.27. The number of hydrogen-bond acceptors (Lipinski definition) is 4. The molecule has 2 aromatic rings. The number of ether oxygens (including phenoxy) is 2. The van der Waals surface area contributed by atoms with Gasteiger partial charge in [-0.25, -0.2) is 4.98 Å². The van der Waals surface area contributed by atoms with Crippen LogP contribution in [0.5, 0.6) is 0 Å². The van der Waals surface area contributed by atoms with Gasteiger partial charge in [0.2, 0.25) is 11.9 Å². The highest BCUT2D eigenvalue weighted by molar-refractivity contribution is 5.96. The molecule has 1 saturated heterocycles. The Morgan fingerprint density at radius 2 is 2.35 bits per heavy atom. The molecule has 0 radical (unpaired) electrons. The predicted molar refractivity (Wildman–Crippen MR) is 74.6 cm³/mol. The first-order valence-electron chi connectivity index (χ1n) is 6.47. The number of benzene rings is 1. The summed E-state index contributed by atoms with van der Waals surface area (Å²) in [7, 11) is 1.58. The Morgan fingerprint density at radius 1 is 1.55 bits per heavy atom. The van der Waals surface area contributed by atoms with Crippen molar-refractivity contribution in [1.82, 2.24) is 9.97 Å². The van der Waals surface area contributed by atoms with Gasteiger partial charge in [0.15, 0.2) is 0 Å². The number of imidazole rings is 1. The van der Waals surface area contributed by atoms with Gasteiger partial charge in [-0.2, -0.15) is 0 Å². The molecule has 3 rings (SSSR count). The van der Waals surface area contributed by atoms with E-state index in [1.807, 2.05) is 25.1 Å². The summed E-state index contributed by atoms with van der Waals surface area (Å²) in [5.41, 5.74) is 2.29. The molecule has 1 aromatic carbocycles. The highest BCUT2D eigenvalue weighted by Gasteiger charge is 2.46. The lowest BCUT2D eigenvalue weighted by Crippen LogP contribution is -2.54. The lowest BCUT2D eigenvalue weighted by atomic mass is 9.86. The van der Waals surface area contributed by atoms with Crippen LogP contribution < -0.4 is 5.32 Å². The number of carbonyl (C=O) groups excluding carboxylic acids is 1. The maximum absolute atomic E-state index is 12.3. The van der Waals surface area contributed by atoms with Crippen molar-refractivity contribution < 1.29 is 14.3 Å². The number of methoxy groups -OCH3 is 1. The Kier molecular flexibility index (Phi) is 3.19. The van der Waals surface area contributed by atoms with Crippen LogP contribution in [0.1, 0.15) is 5.56 Å². The third-order valence-electron chi connectivity index (χ3n) is 3.53. The SMILES string of the molecule is COCC1(C(=O)Nc2nc3ccc(C)cc3[nH]2)COC1. The van der Waals surface area contributed by atoms with E-state index in [1.54, 1.807) is 7.11 Å². The Hall–Kier alpha value is -1.92. The summed E-state index contributed by atoms with van der Waals surface area (Å²) in [5, 5.41) is 2.81. The molecule has 1 aliphatic rings. The van der Waals surface area contributed by atoms with Gasteiger partial charge in [-0.15, -0.1) is 0 Å². The molecule has 106 valence electrons. The molecule has 6 nitrogen and oxygen atoms in total. The summed E-state index contributed by atoms with van der Waals surface area (Å²) in [4.78, 5) is 19.8. The van der Waals surface area contributed by atoms with E-state index in [0.717, 1.165) is 16.6 Å². The number of H-pyrrole nitrogens is 1. The van der Waals surface area contributed by atoms with Crippen LogP contribution in [0.25, 0.3) is 11.0 Å². The zero-order valence-electron chi connectivity index (χ0n) is 11.5. The van der Waals surface area contributed by atoms with E-state index in [-0.39, 0.29) is 5.91 Å². The molecule has 0 bridgehead atoms. The van der Waals surface area contributed by atoms with Crippen molar-refractivity contribution in [3.8, 4) is 0 Å². The van der Waals surface area contributed by atoms with Crippen LogP contribution in [-0.4, -0.2) is 42.8 Å². The molecule has 1 fully saturated rings. The zero-order valence-corrected chi connectivity index (χ0v) is 11.5. The van der Waals surface area contributed by atoms with Gasteiger partial charge in [0.1, 0.15) is 5.41 Å². The molecule has 0 unspecified atom stereocenters. The minimum atomic E-state index is -0.594. The van der Waals surface area contributed by atoms with Crippen LogP contribution in [0.2, 0.25) is 0 Å². The topological polar surface area (TPSA) is 76.2 Å². The van der Waals surface area contributed by atoms with Gasteiger partial charge >= 0.3 is 0 Å². The highest BCUT2D eigenvalue weighted by Crippen LogP contribution is 2.29. The Balaban J connectivity index is 1.80. The number of aromatic nitrogens is 2. The molecular formula is C14H17N3O3. The summed E-state index contributed by atoms with van der Waals surface area (Å²) >= 11 is 0. The van der Waals surface area contributed by atoms with Gasteiger partial charge in [0, 0.05) is 7.11 Å². The average Bonchev–Trinajstić information content (AvgIpc) is 2.74. The first-order chi connectivity index (χ1) is 9.63. The number of nitrogens with one attached hydrogen (secondary N) is 2. The van der Waals surface area contributed by atoms with Gasteiger partial charge in [-0.1, -0.05) is 6.07 Å². The van der Waals surface area contributed by atoms with E-state index in [4.69, 9.17) is 9.47 Å². The summed E-state index contributed by atoms with van der Waals surface area (Å²) in [6.07, 6.45) is 0. The van der Waals surface area contributed by atoms with Crippen LogP contribution in [-0.2, 0) is 14.3 Å². The van der Waals surface area contributed by atoms with Crippen molar-refractivity contribution in [3.05, 3.63) is 23.8 Å². The van der Waals surface area contributed by atoms with Gasteiger partial charge in [0.25, 0.3) is 0 Å². The van der Waals surface area contributed by atoms with Gasteiger partial charge in [-0.3, -0.25) is 10.1 Å². The minimum Gasteiger partial charge on any atom is -0.383 e. The standard InChI is InChI=1S/C14H17N3O3/c1-9-3-4-10-11(5-9)16-13(15-10)17-12(18)14(6-19-2)7-20-8-14/h3-5H,6-8H2,1-2H3,(H2,15,16,17,18). The van der Waals surface area contributed by atoms with Crippen molar-refractivity contribution in [2.24, 2.45) is 5.41 Å². The van der Waals surface area contributed by atoms with E-state index in [1.165, 1.54) is 0 Å². The van der Waals surface area contributed by atoms with Crippen LogP contribution in [0, 0.1) is 12.3 Å². The minimum absolute atomic E-state index is 0.124. The molecule has 2 N–H and O–H groups in total. The number of carbonyl (C=O) groups is 1. The molecule has 20 heavy (non-hydrogen) atoms. The number of amides is 1. The second kappa shape index (κ2) is 4.88. The Morgan fingerprint density at radius 3 is 3.00 bits per heavy atom. The summed E-state index contributed by atoms with van der Waals surface area (Å²) in [5.74, 6) is 0.333. The Bertz CT molecular complexity index is 646. The lowest BCUT2D eigenvalue weighted by Gasteiger charge is -2.38. The maximum atomic E-state index is 12.3. The van der Waals surface area contributed by atoms with Gasteiger partial charge in [0.05, 0.1) is 30.9 Å². The van der Waals surface area contributed by atoms with Crippen molar-refractivity contribution >= 4 is 22.9 Å². The van der Waals surface area contributed by atoms with Crippen LogP contribution in [0.15, 0.2) is 18.2 Å². The molecule has 1 aromatic heterocycles. The number of aromatic amines is 1. The number of fused-ring (bicyclic) bond motifs is 1. The van der Waals surface area contributed by atoms with Crippen molar-refractivity contribution in [1.29, 1.82) is 0 Å². The maximum Gasteiger partial charge on any atom is 0.239 e. The highest BCUT2D eigenvalue weighted by atomic mass is 16.5. The fourth-order valence-electron chi connectivity index (χ4n) is 2.33. The van der Waals surface area contributed by atoms with Gasteiger partial charge < -0.3 is 14.5 Å². The van der Waals surface area contributed by atoms with E-state index < -0.39 is 5.41 Å². The normalized spacial score (nSPS) is 16.9. The first kappa shape index (κ1) is 13.1. The van der Waals surface area contributed by atoms with E-state index >= 15 is 0 Å². The molecule has 1 aliphatic heterocycles. The molecular weight excluding hydrogens is 258 g/mol. The molecule has 2 heterocycles. The van der Waals surface area contributed by atoms with Crippen molar-refractivity contribution in [2.45, 2.75) is 6.92 Å². The average molecular weight is 275 g/mol. The summed E-state index contributed by atoms with van der Waals surface area (Å²) in [6.45, 7) is 3.12. The molecule has 0 saturated carbocycles. The number of rotatable bonds is 4. The molecule has 1 amide bonds. The molecule has 6 heteroatoms. The van der Waals surface area contributed by atoms with Crippen LogP contribution in [0.3, 0.4) is 0 Å². The first-order valence-corrected chi connectivity index (χ1v) is 6.47. The number of aryl methyl sites for hydroxylation is 1. The van der Waals surface area contributed by atoms with Crippen LogP contribution >= 0.6 is 0 Å². The molecule has 0 spiro atoms. The van der Waals surface area contributed by atoms with Gasteiger partial charge in [-0.05, 0) is 24.6 Å². The zero-order chi connectivity index (χ0) is 14.2. The fourth-order valence-corrected chi connectivity index (χ4v) is 2.33. The van der Waals surface area contributed by atoms with E-state index in [9.17, 15) is 4.79 Å². The van der Waals surface area contributed by atoms with Crippen molar-refractivity contribution in [2.75, 3.05) is 32.2 Å². The number of nitrogens with zero attached hydrogens (tertiary/aromatic N) is 1. The monoisotopic (exact) mass is 275 g/mol. The third-order valence-corrected chi connectivity index (χ3v) is 3.53. The summed E-state index contributed by atoms with van der Waals surface area (Å²) in [6, 6.07) is 5.91. The lowest BCUT2D eigenvalue weighted by molar-refractivity contribution is -0.167. The number of anilines is 1. The largest absolute Gasteiger partial charge is 0.383 e. The van der Waals surface area contributed by atoms with Crippen molar-refractivity contribution in [3.63, 3.8) is 0 Å². The van der Waals surface area contributed by atoms with Crippen LogP contribution in [0.4, 0.5) is 5.95 Å². The second-order valence-corrected chi connectivity index (χ2v) is 5.27. The third kappa shape index (κ3) is 2.17. The van der Waals surface area contributed by atoms with E-state index in [0.29, 0.717) is 25.8 Å². The predicted octanol–water partition coefficient (Wildman–Crippen LogP) is 1.47. The fraction of sp³-hybridized carbons (Fsp3) is 0.429. The quantitative estimate of drug-likeness (QED) is 0.886. The molecule has 0 aliphatic carbocycles. The molecule has 0 atom stereocenters.